The molecular formula is C31H24N4O3. The van der Waals surface area contributed by atoms with E-state index >= 15 is 0 Å². The normalized spacial score (nSPS) is 10.6. The summed E-state index contributed by atoms with van der Waals surface area (Å²) in [6.45, 7) is 0. The zero-order valence-corrected chi connectivity index (χ0v) is 20.6. The fourth-order valence-corrected chi connectivity index (χ4v) is 3.99. The lowest BCUT2D eigenvalue weighted by Crippen LogP contribution is -2.15. The Morgan fingerprint density at radius 2 is 1.18 bits per heavy atom. The number of carbonyl (C=O) groups excluding carboxylic acids is 3. The molecular weight excluding hydrogens is 476 g/mol. The molecule has 0 spiro atoms. The van der Waals surface area contributed by atoms with Gasteiger partial charge in [-0.1, -0.05) is 72.8 Å². The number of rotatable bonds is 7. The van der Waals surface area contributed by atoms with Crippen molar-refractivity contribution in [2.24, 2.45) is 7.05 Å². The van der Waals surface area contributed by atoms with Gasteiger partial charge in [-0.2, -0.15) is 5.10 Å². The van der Waals surface area contributed by atoms with Crippen LogP contribution in [0.15, 0.2) is 115 Å². The summed E-state index contributed by atoms with van der Waals surface area (Å²) in [6.07, 6.45) is 0. The molecule has 0 radical (unpaired) electrons. The van der Waals surface area contributed by atoms with E-state index in [9.17, 15) is 14.4 Å². The van der Waals surface area contributed by atoms with Crippen molar-refractivity contribution in [1.29, 1.82) is 0 Å². The van der Waals surface area contributed by atoms with Crippen LogP contribution in [0.5, 0.6) is 0 Å². The Labute approximate surface area is 219 Å². The number of ketones is 1. The minimum atomic E-state index is -0.346. The Bertz CT molecular complexity index is 1610. The third-order valence-corrected chi connectivity index (χ3v) is 6.02. The number of hydrogen-bond acceptors (Lipinski definition) is 4. The van der Waals surface area contributed by atoms with Crippen molar-refractivity contribution in [1.82, 2.24) is 9.78 Å². The highest BCUT2D eigenvalue weighted by atomic mass is 16.2. The highest BCUT2D eigenvalue weighted by Crippen LogP contribution is 2.24. The average Bonchev–Trinajstić information content (AvgIpc) is 3.33. The van der Waals surface area contributed by atoms with Crippen LogP contribution in [-0.4, -0.2) is 27.4 Å². The van der Waals surface area contributed by atoms with E-state index in [0.717, 1.165) is 5.56 Å². The van der Waals surface area contributed by atoms with Crippen LogP contribution in [0.2, 0.25) is 0 Å². The third kappa shape index (κ3) is 5.42. The predicted molar refractivity (Wildman–Crippen MR) is 147 cm³/mol. The van der Waals surface area contributed by atoms with Crippen LogP contribution in [0.1, 0.15) is 36.6 Å². The van der Waals surface area contributed by atoms with Crippen molar-refractivity contribution in [3.8, 4) is 11.3 Å². The van der Waals surface area contributed by atoms with Crippen LogP contribution in [0.4, 0.5) is 11.5 Å². The largest absolute Gasteiger partial charge is 0.322 e. The molecule has 0 unspecified atom stereocenters. The summed E-state index contributed by atoms with van der Waals surface area (Å²) in [5.74, 6) is -0.172. The Morgan fingerprint density at radius 3 is 1.87 bits per heavy atom. The monoisotopic (exact) mass is 500 g/mol. The van der Waals surface area contributed by atoms with Gasteiger partial charge in [-0.25, -0.2) is 0 Å². The van der Waals surface area contributed by atoms with Gasteiger partial charge in [0.15, 0.2) is 5.78 Å². The zero-order chi connectivity index (χ0) is 26.5. The first-order valence-electron chi connectivity index (χ1n) is 12.0. The zero-order valence-electron chi connectivity index (χ0n) is 20.6. The van der Waals surface area contributed by atoms with E-state index in [1.165, 1.54) is 0 Å². The number of aromatic nitrogens is 2. The first-order valence-corrected chi connectivity index (χ1v) is 12.0. The summed E-state index contributed by atoms with van der Waals surface area (Å²) in [4.78, 5) is 38.1. The van der Waals surface area contributed by atoms with Crippen molar-refractivity contribution in [3.05, 3.63) is 138 Å². The van der Waals surface area contributed by atoms with Gasteiger partial charge in [-0.15, -0.1) is 0 Å². The molecule has 0 aliphatic heterocycles. The molecule has 0 aliphatic carbocycles. The fourth-order valence-electron chi connectivity index (χ4n) is 3.99. The van der Waals surface area contributed by atoms with Gasteiger partial charge in [0.2, 0.25) is 0 Å². The molecule has 7 nitrogen and oxygen atoms in total. The molecule has 0 atom stereocenters. The number of benzene rings is 4. The van der Waals surface area contributed by atoms with E-state index in [1.54, 1.807) is 90.6 Å². The summed E-state index contributed by atoms with van der Waals surface area (Å²) in [5.41, 5.74) is 4.11. The lowest BCUT2D eigenvalue weighted by atomic mass is 10.0. The number of hydrogen-bond donors (Lipinski definition) is 2. The third-order valence-electron chi connectivity index (χ3n) is 6.02. The molecule has 2 amide bonds. The summed E-state index contributed by atoms with van der Waals surface area (Å²) in [6, 6.07) is 33.7. The van der Waals surface area contributed by atoms with Gasteiger partial charge in [0.25, 0.3) is 11.8 Å². The number of carbonyl (C=O) groups is 3. The maximum absolute atomic E-state index is 13.0. The van der Waals surface area contributed by atoms with E-state index in [1.807, 2.05) is 36.4 Å². The van der Waals surface area contributed by atoms with E-state index < -0.39 is 0 Å². The van der Waals surface area contributed by atoms with E-state index in [0.29, 0.717) is 39.5 Å². The van der Waals surface area contributed by atoms with E-state index in [2.05, 4.69) is 15.7 Å². The van der Waals surface area contributed by atoms with Crippen molar-refractivity contribution in [2.45, 2.75) is 0 Å². The second-order valence-corrected chi connectivity index (χ2v) is 8.67. The number of nitrogens with one attached hydrogen (secondary N) is 2. The first-order chi connectivity index (χ1) is 18.5. The van der Waals surface area contributed by atoms with E-state index in [4.69, 9.17) is 0 Å². The van der Waals surface area contributed by atoms with Gasteiger partial charge in [-0.3, -0.25) is 19.1 Å². The Hall–Kier alpha value is -5.30. The molecule has 1 heterocycles. The molecule has 0 bridgehead atoms. The maximum atomic E-state index is 13.0. The second kappa shape index (κ2) is 10.8. The van der Waals surface area contributed by atoms with Crippen molar-refractivity contribution < 1.29 is 14.4 Å². The average molecular weight is 501 g/mol. The number of anilines is 2. The lowest BCUT2D eigenvalue weighted by molar-refractivity contribution is 0.101. The summed E-state index contributed by atoms with van der Waals surface area (Å²) < 4.78 is 1.58. The molecule has 4 aromatic carbocycles. The highest BCUT2D eigenvalue weighted by molar-refractivity contribution is 6.11. The van der Waals surface area contributed by atoms with Crippen LogP contribution in [-0.2, 0) is 7.05 Å². The number of aryl methyl sites for hydroxylation is 1. The van der Waals surface area contributed by atoms with Gasteiger partial charge < -0.3 is 10.6 Å². The molecule has 1 aromatic heterocycles. The first kappa shape index (κ1) is 24.4. The molecule has 0 saturated heterocycles. The maximum Gasteiger partial charge on any atom is 0.256 e. The SMILES string of the molecule is Cn1nc(-c2ccc(NC(=O)c3ccccc3)cc2)cc1NC(=O)c1cccc(C(=O)c2ccccc2)c1. The van der Waals surface area contributed by atoms with Gasteiger partial charge in [0, 0.05) is 46.6 Å². The smallest absolute Gasteiger partial charge is 0.256 e. The van der Waals surface area contributed by atoms with Crippen LogP contribution in [0, 0.1) is 0 Å². The van der Waals surface area contributed by atoms with Crippen molar-refractivity contribution in [2.75, 3.05) is 10.6 Å². The molecule has 5 aromatic rings. The van der Waals surface area contributed by atoms with Gasteiger partial charge in [0.05, 0.1) is 5.69 Å². The standard InChI is InChI=1S/C31H24N4O3/c1-35-28(33-31(38)25-14-8-13-24(19-25)29(36)22-9-4-2-5-10-22)20-27(34-35)21-15-17-26(18-16-21)32-30(37)23-11-6-3-7-12-23/h2-20H,1H3,(H,32,37)(H,33,38). The summed E-state index contributed by atoms with van der Waals surface area (Å²) in [5, 5.41) is 10.3. The second-order valence-electron chi connectivity index (χ2n) is 8.67. The summed E-state index contributed by atoms with van der Waals surface area (Å²) >= 11 is 0. The Balaban J connectivity index is 1.28. The van der Waals surface area contributed by atoms with Crippen LogP contribution in [0.3, 0.4) is 0 Å². The topological polar surface area (TPSA) is 93.1 Å². The minimum Gasteiger partial charge on any atom is -0.322 e. The number of amides is 2. The van der Waals surface area contributed by atoms with Crippen LogP contribution >= 0.6 is 0 Å². The molecule has 0 fully saturated rings. The fraction of sp³-hybridized carbons (Fsp3) is 0.0323. The Kier molecular flexibility index (Phi) is 6.91. The predicted octanol–water partition coefficient (Wildman–Crippen LogP) is 5.82. The van der Waals surface area contributed by atoms with Gasteiger partial charge in [0.1, 0.15) is 5.82 Å². The van der Waals surface area contributed by atoms with Gasteiger partial charge >= 0.3 is 0 Å². The lowest BCUT2D eigenvalue weighted by Gasteiger charge is -2.07. The highest BCUT2D eigenvalue weighted by Gasteiger charge is 2.15. The van der Waals surface area contributed by atoms with Crippen molar-refractivity contribution in [3.63, 3.8) is 0 Å². The molecule has 186 valence electrons. The quantitative estimate of drug-likeness (QED) is 0.275. The summed E-state index contributed by atoms with van der Waals surface area (Å²) in [7, 11) is 1.74. The molecule has 0 saturated carbocycles. The molecule has 5 rings (SSSR count). The van der Waals surface area contributed by atoms with Crippen LogP contribution < -0.4 is 10.6 Å². The van der Waals surface area contributed by atoms with Crippen molar-refractivity contribution >= 4 is 29.1 Å². The Morgan fingerprint density at radius 1 is 0.605 bits per heavy atom. The molecule has 2 N–H and O–H groups in total. The van der Waals surface area contributed by atoms with E-state index in [-0.39, 0.29) is 17.6 Å². The molecule has 38 heavy (non-hydrogen) atoms. The number of nitrogens with zero attached hydrogens (tertiary/aromatic N) is 2. The van der Waals surface area contributed by atoms with Crippen LogP contribution in [0.25, 0.3) is 11.3 Å². The molecule has 0 aliphatic rings. The van der Waals surface area contributed by atoms with Gasteiger partial charge in [-0.05, 0) is 36.4 Å². The molecule has 7 heteroatoms. The minimum absolute atomic E-state index is 0.147.